The fourth-order valence-corrected chi connectivity index (χ4v) is 3.54. The molecule has 29 heavy (non-hydrogen) atoms. The van der Waals surface area contributed by atoms with E-state index in [0.717, 1.165) is 11.0 Å². The summed E-state index contributed by atoms with van der Waals surface area (Å²) in [5, 5.41) is 9.26. The van der Waals surface area contributed by atoms with Crippen LogP contribution in [0.15, 0.2) is 30.3 Å². The first-order valence-electron chi connectivity index (χ1n) is 12.0. The Labute approximate surface area is 181 Å². The molecule has 0 atom stereocenters. The highest BCUT2D eigenvalue weighted by molar-refractivity contribution is 5.63. The third-order valence-electron chi connectivity index (χ3n) is 5.36. The molecule has 0 aromatic heterocycles. The van der Waals surface area contributed by atoms with E-state index in [4.69, 9.17) is 0 Å². The van der Waals surface area contributed by atoms with Crippen molar-refractivity contribution in [3.63, 3.8) is 0 Å². The van der Waals surface area contributed by atoms with E-state index >= 15 is 0 Å². The van der Waals surface area contributed by atoms with E-state index in [1.807, 2.05) is 0 Å². The van der Waals surface area contributed by atoms with Crippen LogP contribution in [0.1, 0.15) is 103 Å². The number of carbonyl (C=O) groups excluding carboxylic acids is 1. The lowest BCUT2D eigenvalue weighted by atomic mass is 10.1. The summed E-state index contributed by atoms with van der Waals surface area (Å²) in [4.78, 5) is 9.26. The standard InChI is InChI=1S/C23H42N.C3H6O2/c1-4-5-6-7-8-9-10-11-12-13-14-18-21-24(2,3)22-23-19-16-15-17-20-23;1-2-3(4)5/h15-17,19-20H,4-14,18,21-22H2,1-3H3;2H2,1H3,(H,4,5)/q+1;/p-1. The van der Waals surface area contributed by atoms with Crippen molar-refractivity contribution >= 4 is 5.97 Å². The Morgan fingerprint density at radius 1 is 0.759 bits per heavy atom. The van der Waals surface area contributed by atoms with Crippen molar-refractivity contribution in [2.24, 2.45) is 0 Å². The van der Waals surface area contributed by atoms with Crippen LogP contribution < -0.4 is 5.11 Å². The third-order valence-corrected chi connectivity index (χ3v) is 5.36. The molecule has 1 aromatic rings. The second-order valence-electron chi connectivity index (χ2n) is 8.92. The summed E-state index contributed by atoms with van der Waals surface area (Å²) in [6, 6.07) is 10.9. The van der Waals surface area contributed by atoms with Crippen LogP contribution in [0.4, 0.5) is 0 Å². The SMILES string of the molecule is CCC(=O)[O-].CCCCCCCCCCCCCC[N+](C)(C)Cc1ccccc1. The number of carbonyl (C=O) groups is 1. The van der Waals surface area contributed by atoms with Crippen molar-refractivity contribution in [2.45, 2.75) is 104 Å². The summed E-state index contributed by atoms with van der Waals surface area (Å²) in [6.45, 7) is 6.28. The number of unbranched alkanes of at least 4 members (excludes halogenated alkanes) is 11. The maximum atomic E-state index is 9.26. The van der Waals surface area contributed by atoms with Crippen LogP contribution in [0.5, 0.6) is 0 Å². The predicted molar refractivity (Wildman–Crippen MR) is 123 cm³/mol. The van der Waals surface area contributed by atoms with Crippen molar-refractivity contribution < 1.29 is 14.4 Å². The van der Waals surface area contributed by atoms with Gasteiger partial charge in [0.1, 0.15) is 6.54 Å². The Hall–Kier alpha value is -1.35. The number of nitrogens with zero attached hydrogens (tertiary/aromatic N) is 1. The van der Waals surface area contributed by atoms with Gasteiger partial charge in [-0.05, 0) is 19.3 Å². The molecular weight excluding hydrogens is 358 g/mol. The molecule has 0 aliphatic carbocycles. The lowest BCUT2D eigenvalue weighted by molar-refractivity contribution is -0.903. The molecule has 0 bridgehead atoms. The number of aliphatic carboxylic acids is 1. The van der Waals surface area contributed by atoms with Crippen molar-refractivity contribution in [3.05, 3.63) is 35.9 Å². The largest absolute Gasteiger partial charge is 0.550 e. The number of carboxylic acid groups (broad SMARTS) is 1. The topological polar surface area (TPSA) is 40.1 Å². The van der Waals surface area contributed by atoms with Gasteiger partial charge in [-0.1, -0.05) is 108 Å². The molecule has 0 amide bonds. The van der Waals surface area contributed by atoms with E-state index in [0.29, 0.717) is 0 Å². The summed E-state index contributed by atoms with van der Waals surface area (Å²) in [6.07, 6.45) is 17.3. The van der Waals surface area contributed by atoms with Gasteiger partial charge in [-0.2, -0.15) is 0 Å². The van der Waals surface area contributed by atoms with Gasteiger partial charge in [0.05, 0.1) is 20.6 Å². The minimum Gasteiger partial charge on any atom is -0.550 e. The molecular formula is C26H47NO2. The van der Waals surface area contributed by atoms with Gasteiger partial charge in [-0.25, -0.2) is 0 Å². The van der Waals surface area contributed by atoms with Crippen molar-refractivity contribution in [1.82, 2.24) is 0 Å². The predicted octanol–water partition coefficient (Wildman–Crippen LogP) is 6.11. The van der Waals surface area contributed by atoms with Gasteiger partial charge in [-0.3, -0.25) is 0 Å². The fourth-order valence-electron chi connectivity index (χ4n) is 3.54. The van der Waals surface area contributed by atoms with Crippen LogP contribution in [-0.4, -0.2) is 31.1 Å². The van der Waals surface area contributed by atoms with Crippen LogP contribution in [-0.2, 0) is 11.3 Å². The summed E-state index contributed by atoms with van der Waals surface area (Å²) < 4.78 is 1.11. The number of hydrogen-bond donors (Lipinski definition) is 0. The van der Waals surface area contributed by atoms with E-state index in [1.165, 1.54) is 96.1 Å². The van der Waals surface area contributed by atoms with Crippen LogP contribution in [0, 0.1) is 0 Å². The fraction of sp³-hybridized carbons (Fsp3) is 0.731. The van der Waals surface area contributed by atoms with E-state index in [2.05, 4.69) is 51.4 Å². The molecule has 0 saturated heterocycles. The highest BCUT2D eigenvalue weighted by atomic mass is 16.4. The first kappa shape index (κ1) is 27.6. The van der Waals surface area contributed by atoms with E-state index in [9.17, 15) is 9.90 Å². The molecule has 0 fully saturated rings. The first-order valence-corrected chi connectivity index (χ1v) is 12.0. The van der Waals surface area contributed by atoms with E-state index in [-0.39, 0.29) is 6.42 Å². The van der Waals surface area contributed by atoms with Crippen molar-refractivity contribution in [2.75, 3.05) is 20.6 Å². The Morgan fingerprint density at radius 2 is 1.17 bits per heavy atom. The Morgan fingerprint density at radius 3 is 1.59 bits per heavy atom. The second kappa shape index (κ2) is 18.7. The molecule has 168 valence electrons. The molecule has 0 N–H and O–H groups in total. The minimum absolute atomic E-state index is 0.111. The highest BCUT2D eigenvalue weighted by Gasteiger charge is 2.14. The Kier molecular flexibility index (Phi) is 17.8. The lowest BCUT2D eigenvalue weighted by Gasteiger charge is -2.30. The quantitative estimate of drug-likeness (QED) is 0.246. The van der Waals surface area contributed by atoms with Crippen LogP contribution in [0.25, 0.3) is 0 Å². The molecule has 0 radical (unpaired) electrons. The van der Waals surface area contributed by atoms with Gasteiger partial charge < -0.3 is 14.4 Å². The van der Waals surface area contributed by atoms with Crippen molar-refractivity contribution in [1.29, 1.82) is 0 Å². The maximum Gasteiger partial charge on any atom is 0.104 e. The molecule has 0 heterocycles. The average molecular weight is 406 g/mol. The maximum absolute atomic E-state index is 9.26. The summed E-state index contributed by atoms with van der Waals surface area (Å²) in [5.41, 5.74) is 1.46. The molecule has 1 rings (SSSR count). The number of carboxylic acids is 1. The molecule has 3 nitrogen and oxygen atoms in total. The van der Waals surface area contributed by atoms with Gasteiger partial charge in [0.25, 0.3) is 0 Å². The summed E-state index contributed by atoms with van der Waals surface area (Å²) in [7, 11) is 4.73. The van der Waals surface area contributed by atoms with Gasteiger partial charge in [0.2, 0.25) is 0 Å². The number of benzene rings is 1. The van der Waals surface area contributed by atoms with Crippen molar-refractivity contribution in [3.8, 4) is 0 Å². The first-order chi connectivity index (χ1) is 13.9. The number of hydrogen-bond acceptors (Lipinski definition) is 2. The van der Waals surface area contributed by atoms with Crippen LogP contribution >= 0.6 is 0 Å². The van der Waals surface area contributed by atoms with Gasteiger partial charge in [0.15, 0.2) is 0 Å². The summed E-state index contributed by atoms with van der Waals surface area (Å²) in [5.74, 6) is -0.995. The molecule has 3 heteroatoms. The highest BCUT2D eigenvalue weighted by Crippen LogP contribution is 2.14. The van der Waals surface area contributed by atoms with Crippen LogP contribution in [0.3, 0.4) is 0 Å². The molecule has 0 saturated carbocycles. The second-order valence-corrected chi connectivity index (χ2v) is 8.92. The van der Waals surface area contributed by atoms with E-state index < -0.39 is 5.97 Å². The third kappa shape index (κ3) is 19.7. The average Bonchev–Trinajstić information content (AvgIpc) is 2.69. The zero-order chi connectivity index (χ0) is 21.8. The zero-order valence-corrected chi connectivity index (χ0v) is 19.8. The Bertz CT molecular complexity index is 485. The lowest BCUT2D eigenvalue weighted by Crippen LogP contribution is -2.39. The minimum atomic E-state index is -0.995. The molecule has 0 spiro atoms. The molecule has 1 aromatic carbocycles. The summed E-state index contributed by atoms with van der Waals surface area (Å²) >= 11 is 0. The van der Waals surface area contributed by atoms with E-state index in [1.54, 1.807) is 0 Å². The smallest absolute Gasteiger partial charge is 0.104 e. The normalized spacial score (nSPS) is 11.0. The monoisotopic (exact) mass is 405 g/mol. The van der Waals surface area contributed by atoms with Gasteiger partial charge >= 0.3 is 0 Å². The zero-order valence-electron chi connectivity index (χ0n) is 19.8. The molecule has 0 unspecified atom stereocenters. The van der Waals surface area contributed by atoms with Gasteiger partial charge in [0, 0.05) is 11.5 Å². The van der Waals surface area contributed by atoms with Gasteiger partial charge in [-0.15, -0.1) is 0 Å². The van der Waals surface area contributed by atoms with Crippen LogP contribution in [0.2, 0.25) is 0 Å². The Balaban J connectivity index is 0.00000139. The number of rotatable bonds is 16. The number of quaternary nitrogens is 1. The molecule has 0 aliphatic rings. The molecule has 0 aliphatic heterocycles.